The first-order valence-electron chi connectivity index (χ1n) is 5.94. The van der Waals surface area contributed by atoms with Crippen LogP contribution in [0.1, 0.15) is 40.4 Å². The lowest BCUT2D eigenvalue weighted by Gasteiger charge is -2.15. The molecule has 0 saturated carbocycles. The van der Waals surface area contributed by atoms with Crippen LogP contribution in [0.4, 0.5) is 0 Å². The average molecular weight is 250 g/mol. The third-order valence-electron chi connectivity index (χ3n) is 2.82. The van der Waals surface area contributed by atoms with Crippen molar-refractivity contribution >= 4 is 12.3 Å². The van der Waals surface area contributed by atoms with Crippen LogP contribution >= 0.6 is 0 Å². The fourth-order valence-corrected chi connectivity index (χ4v) is 2.06. The zero-order chi connectivity index (χ0) is 13.7. The van der Waals surface area contributed by atoms with Gasteiger partial charge in [0.15, 0.2) is 12.9 Å². The summed E-state index contributed by atoms with van der Waals surface area (Å²) in [6, 6.07) is 1.90. The fraction of sp³-hybridized carbons (Fsp3) is 0.429. The Kier molecular flexibility index (Phi) is 4.89. The quantitative estimate of drug-likeness (QED) is 0.788. The van der Waals surface area contributed by atoms with Crippen molar-refractivity contribution in [3.63, 3.8) is 0 Å². The van der Waals surface area contributed by atoms with Gasteiger partial charge < -0.3 is 9.84 Å². The van der Waals surface area contributed by atoms with E-state index in [-0.39, 0.29) is 0 Å². The smallest absolute Gasteiger partial charge is 0.341 e. The molecular formula is C14H18O4. The van der Waals surface area contributed by atoms with Crippen LogP contribution in [0.25, 0.3) is 0 Å². The largest absolute Gasteiger partial charge is 0.481 e. The number of aryl methyl sites for hydroxylation is 2. The van der Waals surface area contributed by atoms with Crippen LogP contribution in [0.5, 0.6) is 5.75 Å². The highest BCUT2D eigenvalue weighted by Crippen LogP contribution is 2.29. The standard InChI is InChI=1S/C14H18O4/c1-4-5-11-6-9(2)14(18-8-13(16)17)10(3)12(11)7-15/h6-7H,4-5,8H2,1-3H3,(H,16,17). The molecule has 0 aliphatic heterocycles. The van der Waals surface area contributed by atoms with Crippen molar-refractivity contribution in [2.75, 3.05) is 6.61 Å². The number of ether oxygens (including phenoxy) is 1. The maximum atomic E-state index is 11.2. The van der Waals surface area contributed by atoms with Gasteiger partial charge in [0.1, 0.15) is 5.75 Å². The summed E-state index contributed by atoms with van der Waals surface area (Å²) in [5.74, 6) is -0.529. The number of carboxylic acid groups (broad SMARTS) is 1. The molecule has 0 aliphatic rings. The molecule has 0 radical (unpaired) electrons. The van der Waals surface area contributed by atoms with Crippen molar-refractivity contribution in [1.82, 2.24) is 0 Å². The van der Waals surface area contributed by atoms with Gasteiger partial charge in [0.2, 0.25) is 0 Å². The molecule has 18 heavy (non-hydrogen) atoms. The second-order valence-corrected chi connectivity index (χ2v) is 4.27. The molecule has 1 aromatic carbocycles. The zero-order valence-corrected chi connectivity index (χ0v) is 10.9. The number of carboxylic acids is 1. The normalized spacial score (nSPS) is 10.2. The number of hydrogen-bond acceptors (Lipinski definition) is 3. The molecule has 0 aliphatic carbocycles. The zero-order valence-electron chi connectivity index (χ0n) is 10.9. The predicted molar refractivity (Wildman–Crippen MR) is 68.4 cm³/mol. The van der Waals surface area contributed by atoms with Gasteiger partial charge in [0, 0.05) is 11.1 Å². The number of hydrogen-bond donors (Lipinski definition) is 1. The van der Waals surface area contributed by atoms with Crippen LogP contribution in [0.15, 0.2) is 6.07 Å². The number of carbonyl (C=O) groups excluding carboxylic acids is 1. The van der Waals surface area contributed by atoms with E-state index < -0.39 is 12.6 Å². The molecule has 0 spiro atoms. The summed E-state index contributed by atoms with van der Waals surface area (Å²) in [7, 11) is 0. The summed E-state index contributed by atoms with van der Waals surface area (Å²) >= 11 is 0. The summed E-state index contributed by atoms with van der Waals surface area (Å²) in [5.41, 5.74) is 3.19. The fourth-order valence-electron chi connectivity index (χ4n) is 2.06. The van der Waals surface area contributed by atoms with E-state index in [0.29, 0.717) is 11.3 Å². The lowest BCUT2D eigenvalue weighted by molar-refractivity contribution is -0.139. The van der Waals surface area contributed by atoms with Crippen LogP contribution in [-0.2, 0) is 11.2 Å². The highest BCUT2D eigenvalue weighted by Gasteiger charge is 2.14. The van der Waals surface area contributed by atoms with Crippen molar-refractivity contribution in [2.24, 2.45) is 0 Å². The maximum absolute atomic E-state index is 11.2. The Hall–Kier alpha value is -1.84. The average Bonchev–Trinajstić information content (AvgIpc) is 2.28. The first-order chi connectivity index (χ1) is 8.51. The molecule has 4 nitrogen and oxygen atoms in total. The van der Waals surface area contributed by atoms with E-state index in [9.17, 15) is 9.59 Å². The van der Waals surface area contributed by atoms with Gasteiger partial charge >= 0.3 is 5.97 Å². The third-order valence-corrected chi connectivity index (χ3v) is 2.82. The highest BCUT2D eigenvalue weighted by molar-refractivity contribution is 5.82. The summed E-state index contributed by atoms with van der Waals surface area (Å²) in [6.07, 6.45) is 2.59. The molecule has 0 saturated heterocycles. The molecule has 0 bridgehead atoms. The number of benzene rings is 1. The molecular weight excluding hydrogens is 232 g/mol. The van der Waals surface area contributed by atoms with E-state index in [1.165, 1.54) is 0 Å². The Morgan fingerprint density at radius 1 is 1.44 bits per heavy atom. The van der Waals surface area contributed by atoms with Crippen molar-refractivity contribution < 1.29 is 19.4 Å². The van der Waals surface area contributed by atoms with Gasteiger partial charge in [-0.2, -0.15) is 0 Å². The van der Waals surface area contributed by atoms with E-state index in [0.717, 1.165) is 35.8 Å². The Morgan fingerprint density at radius 3 is 2.61 bits per heavy atom. The van der Waals surface area contributed by atoms with Gasteiger partial charge in [-0.25, -0.2) is 4.79 Å². The van der Waals surface area contributed by atoms with Crippen molar-refractivity contribution in [2.45, 2.75) is 33.6 Å². The van der Waals surface area contributed by atoms with Gasteiger partial charge in [0.05, 0.1) is 0 Å². The maximum Gasteiger partial charge on any atom is 0.341 e. The molecule has 4 heteroatoms. The number of aliphatic carboxylic acids is 1. The Morgan fingerprint density at radius 2 is 2.11 bits per heavy atom. The monoisotopic (exact) mass is 250 g/mol. The second kappa shape index (κ2) is 6.19. The topological polar surface area (TPSA) is 63.6 Å². The number of rotatable bonds is 6. The molecule has 0 amide bonds. The van der Waals surface area contributed by atoms with Crippen LogP contribution in [0.2, 0.25) is 0 Å². The SMILES string of the molecule is CCCc1cc(C)c(OCC(=O)O)c(C)c1C=O. The molecule has 0 aromatic heterocycles. The van der Waals surface area contributed by atoms with Crippen LogP contribution < -0.4 is 4.74 Å². The van der Waals surface area contributed by atoms with Gasteiger partial charge in [-0.15, -0.1) is 0 Å². The molecule has 0 unspecified atom stereocenters. The van der Waals surface area contributed by atoms with Crippen LogP contribution in [0.3, 0.4) is 0 Å². The third kappa shape index (κ3) is 3.09. The summed E-state index contributed by atoms with van der Waals surface area (Å²) in [4.78, 5) is 21.7. The summed E-state index contributed by atoms with van der Waals surface area (Å²) < 4.78 is 5.25. The van der Waals surface area contributed by atoms with E-state index in [4.69, 9.17) is 9.84 Å². The number of aldehydes is 1. The Labute approximate surface area is 107 Å². The minimum absolute atomic E-state index is 0.396. The Balaban J connectivity index is 3.19. The van der Waals surface area contributed by atoms with Crippen molar-refractivity contribution in [1.29, 1.82) is 0 Å². The molecule has 1 N–H and O–H groups in total. The lowest BCUT2D eigenvalue weighted by Crippen LogP contribution is -2.12. The van der Waals surface area contributed by atoms with E-state index in [1.54, 1.807) is 6.92 Å². The lowest BCUT2D eigenvalue weighted by atomic mass is 9.95. The van der Waals surface area contributed by atoms with Gasteiger partial charge in [0.25, 0.3) is 0 Å². The first kappa shape index (κ1) is 14.2. The van der Waals surface area contributed by atoms with E-state index in [2.05, 4.69) is 0 Å². The van der Waals surface area contributed by atoms with Crippen molar-refractivity contribution in [3.05, 3.63) is 28.3 Å². The minimum atomic E-state index is -1.03. The summed E-state index contributed by atoms with van der Waals surface area (Å²) in [5, 5.41) is 8.63. The van der Waals surface area contributed by atoms with Gasteiger partial charge in [-0.3, -0.25) is 4.79 Å². The van der Waals surface area contributed by atoms with E-state index in [1.807, 2.05) is 19.9 Å². The predicted octanol–water partition coefficient (Wildman–Crippen LogP) is 2.53. The molecule has 0 atom stereocenters. The first-order valence-corrected chi connectivity index (χ1v) is 5.94. The van der Waals surface area contributed by atoms with Gasteiger partial charge in [-0.05, 0) is 31.4 Å². The molecule has 98 valence electrons. The highest BCUT2D eigenvalue weighted by atomic mass is 16.5. The van der Waals surface area contributed by atoms with Crippen molar-refractivity contribution in [3.8, 4) is 5.75 Å². The molecule has 0 heterocycles. The summed E-state index contributed by atoms with van der Waals surface area (Å²) in [6.45, 7) is 5.30. The van der Waals surface area contributed by atoms with Gasteiger partial charge in [-0.1, -0.05) is 19.4 Å². The molecule has 1 rings (SSSR count). The second-order valence-electron chi connectivity index (χ2n) is 4.27. The minimum Gasteiger partial charge on any atom is -0.481 e. The van der Waals surface area contributed by atoms with Crippen LogP contribution in [0, 0.1) is 13.8 Å². The van der Waals surface area contributed by atoms with E-state index >= 15 is 0 Å². The molecule has 0 fully saturated rings. The van der Waals surface area contributed by atoms with Crippen LogP contribution in [-0.4, -0.2) is 24.0 Å². The molecule has 1 aromatic rings. The Bertz CT molecular complexity index is 463. The number of carbonyl (C=O) groups is 2.